The summed E-state index contributed by atoms with van der Waals surface area (Å²) in [5.74, 6) is 0.749. The lowest BCUT2D eigenvalue weighted by atomic mass is 9.93. The minimum absolute atomic E-state index is 0.406. The van der Waals surface area contributed by atoms with Crippen LogP contribution in [0.1, 0.15) is 31.9 Å². The van der Waals surface area contributed by atoms with Crippen LogP contribution in [0.3, 0.4) is 0 Å². The third kappa shape index (κ3) is 4.23. The summed E-state index contributed by atoms with van der Waals surface area (Å²) < 4.78 is 5.26. The number of benzene rings is 1. The number of carbonyl (C=O) groups is 1. The van der Waals surface area contributed by atoms with Crippen LogP contribution in [0.2, 0.25) is 0 Å². The fourth-order valence-electron chi connectivity index (χ4n) is 2.23. The molecule has 1 saturated heterocycles. The third-order valence-electron chi connectivity index (χ3n) is 3.32. The summed E-state index contributed by atoms with van der Waals surface area (Å²) in [6.07, 6.45) is 0.692. The molecule has 1 fully saturated rings. The van der Waals surface area contributed by atoms with E-state index in [0.29, 0.717) is 0 Å². The first-order valence-corrected chi connectivity index (χ1v) is 7.14. The fraction of sp³-hybridized carbons (Fsp3) is 0.562. The number of rotatable bonds is 3. The van der Waals surface area contributed by atoms with Crippen molar-refractivity contribution in [1.29, 1.82) is 0 Å². The predicted molar refractivity (Wildman–Crippen MR) is 81.1 cm³/mol. The molecule has 0 spiro atoms. The SMILES string of the molecule is Cc1cc(CC2CNC2)ccc1NC(=O)OC(C)(C)C. The first-order chi connectivity index (χ1) is 9.33. The standard InChI is InChI=1S/C16H24N2O2/c1-11-7-12(8-13-9-17-10-13)5-6-14(11)18-15(19)20-16(2,3)4/h5-7,13,17H,8-10H2,1-4H3,(H,18,19). The van der Waals surface area contributed by atoms with Crippen molar-refractivity contribution in [3.8, 4) is 0 Å². The number of amides is 1. The lowest BCUT2D eigenvalue weighted by molar-refractivity contribution is 0.0636. The van der Waals surface area contributed by atoms with E-state index in [2.05, 4.69) is 22.8 Å². The largest absolute Gasteiger partial charge is 0.444 e. The van der Waals surface area contributed by atoms with Crippen LogP contribution in [0.5, 0.6) is 0 Å². The molecule has 2 rings (SSSR count). The molecule has 4 nitrogen and oxygen atoms in total. The Balaban J connectivity index is 1.96. The summed E-state index contributed by atoms with van der Waals surface area (Å²) >= 11 is 0. The van der Waals surface area contributed by atoms with E-state index in [1.807, 2.05) is 33.8 Å². The van der Waals surface area contributed by atoms with E-state index in [0.717, 1.165) is 36.7 Å². The van der Waals surface area contributed by atoms with E-state index < -0.39 is 11.7 Å². The molecule has 0 bridgehead atoms. The number of hydrogen-bond donors (Lipinski definition) is 2. The molecule has 1 aliphatic rings. The van der Waals surface area contributed by atoms with Crippen molar-refractivity contribution in [2.24, 2.45) is 5.92 Å². The minimum atomic E-state index is -0.477. The summed E-state index contributed by atoms with van der Waals surface area (Å²) in [6, 6.07) is 6.18. The number of anilines is 1. The molecule has 0 aromatic heterocycles. The average molecular weight is 276 g/mol. The third-order valence-corrected chi connectivity index (χ3v) is 3.32. The molecule has 0 aliphatic carbocycles. The van der Waals surface area contributed by atoms with Gasteiger partial charge in [-0.25, -0.2) is 4.79 Å². The van der Waals surface area contributed by atoms with Gasteiger partial charge in [0.1, 0.15) is 5.60 Å². The second kappa shape index (κ2) is 5.83. The van der Waals surface area contributed by atoms with Crippen molar-refractivity contribution in [1.82, 2.24) is 5.32 Å². The number of ether oxygens (including phenoxy) is 1. The molecule has 1 amide bonds. The second-order valence-corrected chi connectivity index (χ2v) is 6.50. The summed E-state index contributed by atoms with van der Waals surface area (Å²) in [5.41, 5.74) is 2.73. The van der Waals surface area contributed by atoms with Gasteiger partial charge in [0.05, 0.1) is 0 Å². The lowest BCUT2D eigenvalue weighted by Crippen LogP contribution is -2.43. The van der Waals surface area contributed by atoms with Crippen molar-refractivity contribution in [3.63, 3.8) is 0 Å². The molecule has 1 aromatic rings. The number of hydrogen-bond acceptors (Lipinski definition) is 3. The summed E-state index contributed by atoms with van der Waals surface area (Å²) in [5, 5.41) is 6.08. The Labute approximate surface area is 120 Å². The molecule has 1 heterocycles. The van der Waals surface area contributed by atoms with Gasteiger partial charge < -0.3 is 10.1 Å². The fourth-order valence-corrected chi connectivity index (χ4v) is 2.23. The van der Waals surface area contributed by atoms with Crippen LogP contribution >= 0.6 is 0 Å². The number of aryl methyl sites for hydroxylation is 1. The van der Waals surface area contributed by atoms with Gasteiger partial charge in [0.15, 0.2) is 0 Å². The monoisotopic (exact) mass is 276 g/mol. The first-order valence-electron chi connectivity index (χ1n) is 7.14. The average Bonchev–Trinajstić information content (AvgIpc) is 2.24. The van der Waals surface area contributed by atoms with Crippen LogP contribution in [0.25, 0.3) is 0 Å². The minimum Gasteiger partial charge on any atom is -0.444 e. The Morgan fingerprint density at radius 1 is 1.40 bits per heavy atom. The maximum absolute atomic E-state index is 11.8. The topological polar surface area (TPSA) is 50.4 Å². The highest BCUT2D eigenvalue weighted by Gasteiger charge is 2.18. The van der Waals surface area contributed by atoms with Crippen molar-refractivity contribution in [2.75, 3.05) is 18.4 Å². The Morgan fingerprint density at radius 2 is 2.10 bits per heavy atom. The quantitative estimate of drug-likeness (QED) is 0.892. The van der Waals surface area contributed by atoms with Crippen LogP contribution in [0, 0.1) is 12.8 Å². The van der Waals surface area contributed by atoms with Crippen LogP contribution in [0.15, 0.2) is 18.2 Å². The molecule has 110 valence electrons. The van der Waals surface area contributed by atoms with Crippen molar-refractivity contribution in [2.45, 2.75) is 39.7 Å². The molecular weight excluding hydrogens is 252 g/mol. The van der Waals surface area contributed by atoms with Gasteiger partial charge in [-0.15, -0.1) is 0 Å². The highest BCUT2D eigenvalue weighted by atomic mass is 16.6. The van der Waals surface area contributed by atoms with Gasteiger partial charge in [0, 0.05) is 5.69 Å². The molecule has 0 unspecified atom stereocenters. The predicted octanol–water partition coefficient (Wildman–Crippen LogP) is 3.10. The van der Waals surface area contributed by atoms with Gasteiger partial charge in [-0.3, -0.25) is 5.32 Å². The van der Waals surface area contributed by atoms with Gasteiger partial charge in [-0.1, -0.05) is 12.1 Å². The van der Waals surface area contributed by atoms with Crippen LogP contribution in [-0.2, 0) is 11.2 Å². The van der Waals surface area contributed by atoms with Crippen molar-refractivity contribution >= 4 is 11.8 Å². The van der Waals surface area contributed by atoms with Gasteiger partial charge in [-0.05, 0) is 70.3 Å². The molecule has 2 N–H and O–H groups in total. The van der Waals surface area contributed by atoms with Crippen LogP contribution in [-0.4, -0.2) is 24.8 Å². The molecule has 1 aliphatic heterocycles. The zero-order chi connectivity index (χ0) is 14.8. The second-order valence-electron chi connectivity index (χ2n) is 6.50. The molecule has 4 heteroatoms. The van der Waals surface area contributed by atoms with E-state index in [1.54, 1.807) is 0 Å². The van der Waals surface area contributed by atoms with Gasteiger partial charge in [-0.2, -0.15) is 0 Å². The lowest BCUT2D eigenvalue weighted by Gasteiger charge is -2.27. The van der Waals surface area contributed by atoms with Gasteiger partial charge in [0.2, 0.25) is 0 Å². The van der Waals surface area contributed by atoms with E-state index in [-0.39, 0.29) is 0 Å². The summed E-state index contributed by atoms with van der Waals surface area (Å²) in [6.45, 7) is 9.79. The summed E-state index contributed by atoms with van der Waals surface area (Å²) in [7, 11) is 0. The van der Waals surface area contributed by atoms with E-state index in [4.69, 9.17) is 4.74 Å². The Hall–Kier alpha value is -1.55. The van der Waals surface area contributed by atoms with Crippen molar-refractivity contribution < 1.29 is 9.53 Å². The molecule has 0 saturated carbocycles. The number of carbonyl (C=O) groups excluding carboxylic acids is 1. The van der Waals surface area contributed by atoms with Gasteiger partial charge in [0.25, 0.3) is 0 Å². The van der Waals surface area contributed by atoms with Crippen LogP contribution < -0.4 is 10.6 Å². The zero-order valence-electron chi connectivity index (χ0n) is 12.7. The van der Waals surface area contributed by atoms with E-state index in [9.17, 15) is 4.79 Å². The smallest absolute Gasteiger partial charge is 0.412 e. The number of nitrogens with one attached hydrogen (secondary N) is 2. The Bertz CT molecular complexity index is 488. The van der Waals surface area contributed by atoms with Crippen molar-refractivity contribution in [3.05, 3.63) is 29.3 Å². The van der Waals surface area contributed by atoms with Crippen LogP contribution in [0.4, 0.5) is 10.5 Å². The molecule has 0 atom stereocenters. The first kappa shape index (κ1) is 14.9. The normalized spacial score (nSPS) is 15.6. The molecule has 1 aromatic carbocycles. The Kier molecular flexibility index (Phi) is 4.33. The Morgan fingerprint density at radius 3 is 2.60 bits per heavy atom. The maximum atomic E-state index is 11.8. The molecule has 20 heavy (non-hydrogen) atoms. The highest BCUT2D eigenvalue weighted by molar-refractivity contribution is 5.85. The van der Waals surface area contributed by atoms with E-state index in [1.165, 1.54) is 5.56 Å². The maximum Gasteiger partial charge on any atom is 0.412 e. The van der Waals surface area contributed by atoms with E-state index >= 15 is 0 Å². The zero-order valence-corrected chi connectivity index (χ0v) is 12.7. The molecular formula is C16H24N2O2. The van der Waals surface area contributed by atoms with Gasteiger partial charge >= 0.3 is 6.09 Å². The molecule has 0 radical (unpaired) electrons. The summed E-state index contributed by atoms with van der Waals surface area (Å²) in [4.78, 5) is 11.8. The highest BCUT2D eigenvalue weighted by Crippen LogP contribution is 2.20.